The molecule has 1 aliphatic carbocycles. The number of carbonyl (C=O) groups is 1. The second kappa shape index (κ2) is 5.22. The molecule has 0 N–H and O–H groups in total. The number of benzene rings is 1. The summed E-state index contributed by atoms with van der Waals surface area (Å²) in [6.45, 7) is 2.89. The second-order valence-corrected chi connectivity index (χ2v) is 4.83. The minimum Gasteiger partial charge on any atom is -0.329 e. The third-order valence-electron chi connectivity index (χ3n) is 3.53. The largest absolute Gasteiger partial charge is 0.329 e. The molecule has 18 heavy (non-hydrogen) atoms. The first-order valence-corrected chi connectivity index (χ1v) is 6.46. The monoisotopic (exact) mass is 242 g/mol. The summed E-state index contributed by atoms with van der Waals surface area (Å²) >= 11 is 0. The molecule has 1 aromatic carbocycles. The average Bonchev–Trinajstić information content (AvgIpc) is 3.20. The summed E-state index contributed by atoms with van der Waals surface area (Å²) in [6.07, 6.45) is 2.70. The zero-order valence-electron chi connectivity index (χ0n) is 10.7. The smallest absolute Gasteiger partial charge is 0.234 e. The van der Waals surface area contributed by atoms with Crippen LogP contribution in [0.4, 0.5) is 0 Å². The van der Waals surface area contributed by atoms with Crippen LogP contribution in [0.3, 0.4) is 0 Å². The number of hydrogen-bond donors (Lipinski definition) is 0. The van der Waals surface area contributed by atoms with Crippen LogP contribution in [0.25, 0.3) is 0 Å². The molecule has 2 rings (SSSR count). The highest BCUT2D eigenvalue weighted by molar-refractivity contribution is 5.91. The van der Waals surface area contributed by atoms with Gasteiger partial charge in [0.1, 0.15) is 6.54 Å². The van der Waals surface area contributed by atoms with E-state index in [0.717, 1.165) is 24.8 Å². The van der Waals surface area contributed by atoms with Crippen molar-refractivity contribution in [3.63, 3.8) is 0 Å². The number of nitrogens with zero attached hydrogens (tertiary/aromatic N) is 2. The molecule has 0 aliphatic heterocycles. The molecule has 0 atom stereocenters. The lowest BCUT2D eigenvalue weighted by Gasteiger charge is -2.25. The number of nitriles is 1. The fraction of sp³-hybridized carbons (Fsp3) is 0.467. The molecule has 1 aliphatic rings. The van der Waals surface area contributed by atoms with Crippen molar-refractivity contribution in [1.29, 1.82) is 5.26 Å². The Morgan fingerprint density at radius 1 is 1.39 bits per heavy atom. The van der Waals surface area contributed by atoms with Crippen molar-refractivity contribution in [2.45, 2.75) is 31.6 Å². The molecule has 0 unspecified atom stereocenters. The standard InChI is InChI=1S/C15H18N2O/c1-2-11-17(12-10-16)14(18)15(8-9-15)13-6-4-3-5-7-13/h3-7H,2,8-9,11-12H2,1H3. The number of rotatable bonds is 5. The van der Waals surface area contributed by atoms with Crippen LogP contribution >= 0.6 is 0 Å². The van der Waals surface area contributed by atoms with Gasteiger partial charge in [-0.2, -0.15) is 5.26 Å². The lowest BCUT2D eigenvalue weighted by Crippen LogP contribution is -2.40. The molecule has 1 fully saturated rings. The van der Waals surface area contributed by atoms with E-state index in [1.54, 1.807) is 4.90 Å². The Hall–Kier alpha value is -1.82. The van der Waals surface area contributed by atoms with Crippen LogP contribution in [-0.2, 0) is 10.2 Å². The van der Waals surface area contributed by atoms with E-state index in [1.807, 2.05) is 37.3 Å². The lowest BCUT2D eigenvalue weighted by molar-refractivity contribution is -0.133. The Labute approximate surface area is 108 Å². The number of amides is 1. The first-order valence-electron chi connectivity index (χ1n) is 6.46. The Balaban J connectivity index is 2.20. The fourth-order valence-electron chi connectivity index (χ4n) is 2.42. The molecule has 1 aromatic rings. The Morgan fingerprint density at radius 2 is 2.06 bits per heavy atom. The SMILES string of the molecule is CCCN(CC#N)C(=O)C1(c2ccccc2)CC1. The maximum absolute atomic E-state index is 12.6. The molecular formula is C15H18N2O. The summed E-state index contributed by atoms with van der Waals surface area (Å²) in [5, 5.41) is 8.83. The molecule has 94 valence electrons. The second-order valence-electron chi connectivity index (χ2n) is 4.83. The molecule has 1 saturated carbocycles. The predicted octanol–water partition coefficient (Wildman–Crippen LogP) is 2.48. The van der Waals surface area contributed by atoms with E-state index < -0.39 is 0 Å². The quantitative estimate of drug-likeness (QED) is 0.744. The van der Waals surface area contributed by atoms with E-state index in [1.165, 1.54) is 0 Å². The molecule has 0 saturated heterocycles. The van der Waals surface area contributed by atoms with Crippen LogP contribution in [0.15, 0.2) is 30.3 Å². The zero-order valence-corrected chi connectivity index (χ0v) is 10.7. The number of hydrogen-bond acceptors (Lipinski definition) is 2. The molecule has 0 radical (unpaired) electrons. The van der Waals surface area contributed by atoms with Crippen molar-refractivity contribution >= 4 is 5.91 Å². The normalized spacial score (nSPS) is 15.8. The van der Waals surface area contributed by atoms with Crippen LogP contribution in [-0.4, -0.2) is 23.9 Å². The van der Waals surface area contributed by atoms with Crippen molar-refractivity contribution in [2.24, 2.45) is 0 Å². The molecule has 0 spiro atoms. The minimum absolute atomic E-state index is 0.122. The summed E-state index contributed by atoms with van der Waals surface area (Å²) in [6, 6.07) is 12.0. The predicted molar refractivity (Wildman–Crippen MR) is 69.8 cm³/mol. The van der Waals surface area contributed by atoms with E-state index in [0.29, 0.717) is 6.54 Å². The lowest BCUT2D eigenvalue weighted by atomic mass is 9.94. The van der Waals surface area contributed by atoms with Crippen molar-refractivity contribution < 1.29 is 4.79 Å². The summed E-state index contributed by atoms with van der Waals surface area (Å²) in [5.41, 5.74) is 0.752. The van der Waals surface area contributed by atoms with Gasteiger partial charge in [-0.05, 0) is 24.8 Å². The zero-order chi connectivity index (χ0) is 13.0. The topological polar surface area (TPSA) is 44.1 Å². The van der Waals surface area contributed by atoms with E-state index in [9.17, 15) is 4.79 Å². The minimum atomic E-state index is -0.340. The third-order valence-corrected chi connectivity index (χ3v) is 3.53. The molecular weight excluding hydrogens is 224 g/mol. The molecule has 3 nitrogen and oxygen atoms in total. The van der Waals surface area contributed by atoms with Crippen molar-refractivity contribution in [2.75, 3.05) is 13.1 Å². The van der Waals surface area contributed by atoms with Gasteiger partial charge in [0, 0.05) is 6.54 Å². The molecule has 0 bridgehead atoms. The van der Waals surface area contributed by atoms with Crippen LogP contribution < -0.4 is 0 Å². The van der Waals surface area contributed by atoms with Crippen LogP contribution in [0, 0.1) is 11.3 Å². The Morgan fingerprint density at radius 3 is 2.56 bits per heavy atom. The molecule has 3 heteroatoms. The van der Waals surface area contributed by atoms with Gasteiger partial charge in [0.2, 0.25) is 5.91 Å². The highest BCUT2D eigenvalue weighted by Crippen LogP contribution is 2.49. The summed E-state index contributed by atoms with van der Waals surface area (Å²) in [4.78, 5) is 14.3. The van der Waals surface area contributed by atoms with Crippen molar-refractivity contribution in [3.8, 4) is 6.07 Å². The maximum atomic E-state index is 12.6. The van der Waals surface area contributed by atoms with Crippen LogP contribution in [0.1, 0.15) is 31.7 Å². The maximum Gasteiger partial charge on any atom is 0.234 e. The van der Waals surface area contributed by atoms with Gasteiger partial charge in [0.25, 0.3) is 0 Å². The van der Waals surface area contributed by atoms with E-state index in [4.69, 9.17) is 5.26 Å². The molecule has 0 aromatic heterocycles. The third kappa shape index (κ3) is 2.24. The average molecular weight is 242 g/mol. The Bertz CT molecular complexity index is 457. The summed E-state index contributed by atoms with van der Waals surface area (Å²) in [5.74, 6) is 0.122. The highest BCUT2D eigenvalue weighted by atomic mass is 16.2. The molecule has 0 heterocycles. The van der Waals surface area contributed by atoms with E-state index in [-0.39, 0.29) is 17.9 Å². The fourth-order valence-corrected chi connectivity index (χ4v) is 2.42. The summed E-state index contributed by atoms with van der Waals surface area (Å²) < 4.78 is 0. The van der Waals surface area contributed by atoms with Crippen molar-refractivity contribution in [3.05, 3.63) is 35.9 Å². The van der Waals surface area contributed by atoms with E-state index >= 15 is 0 Å². The van der Waals surface area contributed by atoms with Gasteiger partial charge in [0.15, 0.2) is 0 Å². The van der Waals surface area contributed by atoms with Gasteiger partial charge >= 0.3 is 0 Å². The Kier molecular flexibility index (Phi) is 3.66. The molecule has 1 amide bonds. The first kappa shape index (κ1) is 12.6. The van der Waals surface area contributed by atoms with Crippen molar-refractivity contribution in [1.82, 2.24) is 4.90 Å². The number of carbonyl (C=O) groups excluding carboxylic acids is 1. The highest BCUT2D eigenvalue weighted by Gasteiger charge is 2.52. The summed E-state index contributed by atoms with van der Waals surface area (Å²) in [7, 11) is 0. The van der Waals surface area contributed by atoms with E-state index in [2.05, 4.69) is 6.07 Å². The van der Waals surface area contributed by atoms with Gasteiger partial charge in [-0.15, -0.1) is 0 Å². The van der Waals surface area contributed by atoms with Gasteiger partial charge in [0.05, 0.1) is 11.5 Å². The van der Waals surface area contributed by atoms with Crippen LogP contribution in [0.5, 0.6) is 0 Å². The van der Waals surface area contributed by atoms with Gasteiger partial charge in [-0.1, -0.05) is 37.3 Å². The van der Waals surface area contributed by atoms with Gasteiger partial charge < -0.3 is 4.90 Å². The first-order chi connectivity index (χ1) is 8.74. The van der Waals surface area contributed by atoms with Gasteiger partial charge in [-0.3, -0.25) is 4.79 Å². The van der Waals surface area contributed by atoms with Crippen LogP contribution in [0.2, 0.25) is 0 Å². The van der Waals surface area contributed by atoms with Gasteiger partial charge in [-0.25, -0.2) is 0 Å².